The van der Waals surface area contributed by atoms with Gasteiger partial charge in [-0.15, -0.1) is 0 Å². The second-order valence-corrected chi connectivity index (χ2v) is 4.46. The van der Waals surface area contributed by atoms with Crippen molar-refractivity contribution in [2.45, 2.75) is 33.6 Å². The van der Waals surface area contributed by atoms with Crippen molar-refractivity contribution >= 4 is 18.2 Å². The quantitative estimate of drug-likeness (QED) is 0.487. The first-order chi connectivity index (χ1) is 7.84. The molecule has 0 aromatic heterocycles. The lowest BCUT2D eigenvalue weighted by atomic mass is 9.89. The number of hydrogen-bond donors (Lipinski definition) is 2. The van der Waals surface area contributed by atoms with E-state index in [9.17, 15) is 14.7 Å². The number of carboxylic acid groups (broad SMARTS) is 1. The molecule has 0 aliphatic heterocycles. The molecule has 0 fully saturated rings. The Morgan fingerprint density at radius 3 is 2.35 bits per heavy atom. The molecule has 0 saturated carbocycles. The number of nitrogens with one attached hydrogen (secondary N) is 1. The van der Waals surface area contributed by atoms with Crippen LogP contribution in [-0.2, 0) is 4.79 Å². The highest BCUT2D eigenvalue weighted by Crippen LogP contribution is 2.18. The molecule has 0 rings (SSSR count). The van der Waals surface area contributed by atoms with Crippen molar-refractivity contribution in [2.75, 3.05) is 0 Å². The standard InChI is InChI=1S/C11H21N3O3/c1-7(2)9(6-13-14-11(12)17)5-4-8(3)10(15)16/h6-9H,4-5H2,1-3H3,(H,15,16)(H3,12,14,17)/p-1/b13-6-/t8-,9+/m0/s1. The van der Waals surface area contributed by atoms with E-state index in [-0.39, 0.29) is 5.92 Å². The monoisotopic (exact) mass is 242 g/mol. The predicted molar refractivity (Wildman–Crippen MR) is 62.9 cm³/mol. The molecule has 0 unspecified atom stereocenters. The molecule has 6 heteroatoms. The van der Waals surface area contributed by atoms with Crippen molar-refractivity contribution in [1.29, 1.82) is 0 Å². The van der Waals surface area contributed by atoms with Gasteiger partial charge in [-0.3, -0.25) is 0 Å². The number of amides is 2. The Hall–Kier alpha value is -1.59. The molecule has 6 nitrogen and oxygen atoms in total. The van der Waals surface area contributed by atoms with Gasteiger partial charge in [0.2, 0.25) is 0 Å². The minimum Gasteiger partial charge on any atom is -0.550 e. The summed E-state index contributed by atoms with van der Waals surface area (Å²) >= 11 is 0. The molecular weight excluding hydrogens is 222 g/mol. The number of nitrogens with two attached hydrogens (primary N) is 1. The van der Waals surface area contributed by atoms with Crippen molar-refractivity contribution in [2.24, 2.45) is 28.6 Å². The van der Waals surface area contributed by atoms with E-state index in [1.165, 1.54) is 0 Å². The minimum absolute atomic E-state index is 0.101. The van der Waals surface area contributed by atoms with Gasteiger partial charge in [-0.05, 0) is 30.6 Å². The van der Waals surface area contributed by atoms with Gasteiger partial charge in [-0.25, -0.2) is 10.2 Å². The number of urea groups is 1. The van der Waals surface area contributed by atoms with Gasteiger partial charge in [-0.1, -0.05) is 20.8 Å². The summed E-state index contributed by atoms with van der Waals surface area (Å²) in [7, 11) is 0. The molecule has 0 heterocycles. The fourth-order valence-electron chi connectivity index (χ4n) is 1.34. The van der Waals surface area contributed by atoms with Gasteiger partial charge in [-0.2, -0.15) is 5.10 Å². The molecule has 3 N–H and O–H groups in total. The van der Waals surface area contributed by atoms with Crippen LogP contribution in [-0.4, -0.2) is 18.2 Å². The number of hydrogen-bond acceptors (Lipinski definition) is 4. The number of carbonyl (C=O) groups is 2. The number of primary amides is 1. The van der Waals surface area contributed by atoms with E-state index in [4.69, 9.17) is 5.73 Å². The van der Waals surface area contributed by atoms with Crippen molar-refractivity contribution in [1.82, 2.24) is 5.43 Å². The van der Waals surface area contributed by atoms with Crippen LogP contribution in [0.3, 0.4) is 0 Å². The second-order valence-electron chi connectivity index (χ2n) is 4.46. The van der Waals surface area contributed by atoms with Crippen LogP contribution in [0.1, 0.15) is 33.6 Å². The number of aliphatic carboxylic acids is 1. The first kappa shape index (κ1) is 15.4. The van der Waals surface area contributed by atoms with Crippen LogP contribution >= 0.6 is 0 Å². The average Bonchev–Trinajstić information content (AvgIpc) is 2.21. The van der Waals surface area contributed by atoms with Crippen LogP contribution in [0.5, 0.6) is 0 Å². The van der Waals surface area contributed by atoms with Gasteiger partial charge in [0.25, 0.3) is 0 Å². The Labute approximate surface area is 101 Å². The summed E-state index contributed by atoms with van der Waals surface area (Å²) in [5, 5.41) is 14.3. The molecule has 0 aromatic carbocycles. The summed E-state index contributed by atoms with van der Waals surface area (Å²) < 4.78 is 0. The van der Waals surface area contributed by atoms with Crippen molar-refractivity contribution in [3.8, 4) is 0 Å². The molecule has 2 atom stereocenters. The zero-order valence-electron chi connectivity index (χ0n) is 10.5. The molecule has 0 aliphatic carbocycles. The number of carbonyl (C=O) groups excluding carboxylic acids is 2. The number of hydrazone groups is 1. The summed E-state index contributed by atoms with van der Waals surface area (Å²) in [5.74, 6) is -1.11. The Morgan fingerprint density at radius 1 is 1.35 bits per heavy atom. The van der Waals surface area contributed by atoms with E-state index in [0.717, 1.165) is 0 Å². The third-order valence-electron chi connectivity index (χ3n) is 2.63. The van der Waals surface area contributed by atoms with E-state index in [1.807, 2.05) is 13.8 Å². The third kappa shape index (κ3) is 7.32. The zero-order chi connectivity index (χ0) is 13.4. The predicted octanol–water partition coefficient (Wildman–Crippen LogP) is 0.0789. The Balaban J connectivity index is 4.20. The molecule has 2 amide bonds. The molecule has 0 bridgehead atoms. The third-order valence-corrected chi connectivity index (χ3v) is 2.63. The van der Waals surface area contributed by atoms with Gasteiger partial charge in [0.1, 0.15) is 0 Å². The number of nitrogens with zero attached hydrogens (tertiary/aromatic N) is 1. The Kier molecular flexibility index (Phi) is 6.93. The fourth-order valence-corrected chi connectivity index (χ4v) is 1.34. The average molecular weight is 242 g/mol. The smallest absolute Gasteiger partial charge is 0.332 e. The summed E-state index contributed by atoms with van der Waals surface area (Å²) in [6, 6.07) is -0.716. The number of rotatable bonds is 7. The van der Waals surface area contributed by atoms with E-state index in [0.29, 0.717) is 18.8 Å². The largest absolute Gasteiger partial charge is 0.550 e. The zero-order valence-corrected chi connectivity index (χ0v) is 10.5. The van der Waals surface area contributed by atoms with Gasteiger partial charge < -0.3 is 15.6 Å². The lowest BCUT2D eigenvalue weighted by Crippen LogP contribution is -2.30. The molecule has 0 aliphatic rings. The summed E-state index contributed by atoms with van der Waals surface area (Å²) in [6.07, 6.45) is 2.79. The molecule has 17 heavy (non-hydrogen) atoms. The van der Waals surface area contributed by atoms with Crippen LogP contribution in [0, 0.1) is 17.8 Å². The molecule has 0 saturated heterocycles. The van der Waals surface area contributed by atoms with Crippen LogP contribution in [0.15, 0.2) is 5.10 Å². The maximum atomic E-state index is 10.6. The highest BCUT2D eigenvalue weighted by Gasteiger charge is 2.13. The van der Waals surface area contributed by atoms with Crippen LogP contribution in [0.4, 0.5) is 4.79 Å². The second kappa shape index (κ2) is 7.65. The van der Waals surface area contributed by atoms with E-state index < -0.39 is 17.9 Å². The highest BCUT2D eigenvalue weighted by atomic mass is 16.4. The van der Waals surface area contributed by atoms with Gasteiger partial charge in [0.05, 0.1) is 0 Å². The first-order valence-corrected chi connectivity index (χ1v) is 5.64. The van der Waals surface area contributed by atoms with E-state index in [1.54, 1.807) is 13.1 Å². The van der Waals surface area contributed by atoms with Crippen LogP contribution in [0.2, 0.25) is 0 Å². The first-order valence-electron chi connectivity index (χ1n) is 5.64. The van der Waals surface area contributed by atoms with Crippen LogP contribution in [0.25, 0.3) is 0 Å². The molecular formula is C11H20N3O3-. The van der Waals surface area contributed by atoms with Crippen LogP contribution < -0.4 is 16.3 Å². The minimum atomic E-state index is -1.04. The lowest BCUT2D eigenvalue weighted by Gasteiger charge is -2.19. The maximum absolute atomic E-state index is 10.6. The molecule has 0 radical (unpaired) electrons. The fraction of sp³-hybridized carbons (Fsp3) is 0.727. The SMILES string of the molecule is CC(C)[C@@H](/C=N\NC(N)=O)CC[C@H](C)C(=O)[O-]. The van der Waals surface area contributed by atoms with Crippen molar-refractivity contribution in [3.63, 3.8) is 0 Å². The highest BCUT2D eigenvalue weighted by molar-refractivity contribution is 5.73. The molecule has 0 aromatic rings. The Bertz CT molecular complexity index is 290. The summed E-state index contributed by atoms with van der Waals surface area (Å²) in [6.45, 7) is 5.63. The molecule has 0 spiro atoms. The van der Waals surface area contributed by atoms with Gasteiger partial charge in [0, 0.05) is 12.2 Å². The van der Waals surface area contributed by atoms with Gasteiger partial charge in [0.15, 0.2) is 0 Å². The van der Waals surface area contributed by atoms with E-state index in [2.05, 4.69) is 10.5 Å². The van der Waals surface area contributed by atoms with Crippen molar-refractivity contribution < 1.29 is 14.7 Å². The lowest BCUT2D eigenvalue weighted by molar-refractivity contribution is -0.311. The molecule has 98 valence electrons. The van der Waals surface area contributed by atoms with E-state index >= 15 is 0 Å². The maximum Gasteiger partial charge on any atom is 0.332 e. The Morgan fingerprint density at radius 2 is 1.94 bits per heavy atom. The number of carboxylic acids is 1. The van der Waals surface area contributed by atoms with Crippen molar-refractivity contribution in [3.05, 3.63) is 0 Å². The normalized spacial score (nSPS) is 14.8. The summed E-state index contributed by atoms with van der Waals surface area (Å²) in [4.78, 5) is 21.0. The van der Waals surface area contributed by atoms with Gasteiger partial charge >= 0.3 is 6.03 Å². The summed E-state index contributed by atoms with van der Waals surface area (Å²) in [5.41, 5.74) is 6.99. The topological polar surface area (TPSA) is 108 Å².